The quantitative estimate of drug-likeness (QED) is 0.255. The van der Waals surface area contributed by atoms with Gasteiger partial charge in [-0.25, -0.2) is 22.6 Å². The van der Waals surface area contributed by atoms with Gasteiger partial charge in [0.15, 0.2) is 12.2 Å². The van der Waals surface area contributed by atoms with E-state index in [9.17, 15) is 22.7 Å². The number of anilines is 2. The van der Waals surface area contributed by atoms with Gasteiger partial charge >= 0.3 is 5.97 Å². The number of rotatable bonds is 7. The van der Waals surface area contributed by atoms with Gasteiger partial charge in [0, 0.05) is 37.0 Å². The van der Waals surface area contributed by atoms with Crippen molar-refractivity contribution in [1.29, 1.82) is 0 Å². The van der Waals surface area contributed by atoms with Crippen LogP contribution in [0.3, 0.4) is 0 Å². The predicted octanol–water partition coefficient (Wildman–Crippen LogP) is 6.48. The molecule has 1 aliphatic carbocycles. The number of aromatic carboxylic acids is 1. The molecule has 6 rings (SSSR count). The number of oxazole rings is 1. The molecule has 1 saturated carbocycles. The molecule has 0 unspecified atom stereocenters. The Bertz CT molecular complexity index is 1720. The molecule has 11 heteroatoms. The average molecular weight is 606 g/mol. The van der Waals surface area contributed by atoms with E-state index in [0.29, 0.717) is 29.1 Å². The summed E-state index contributed by atoms with van der Waals surface area (Å²) >= 11 is 0. The molecule has 1 aromatic heterocycles. The van der Waals surface area contributed by atoms with E-state index in [-0.39, 0.29) is 29.2 Å². The average Bonchev–Trinajstić information content (AvgIpc) is 3.52. The fraction of sp³-hybridized carbons (Fsp3) is 0.312. The van der Waals surface area contributed by atoms with Crippen LogP contribution in [0.1, 0.15) is 48.2 Å². The van der Waals surface area contributed by atoms with Crippen molar-refractivity contribution in [2.24, 2.45) is 5.92 Å². The van der Waals surface area contributed by atoms with E-state index < -0.39 is 27.4 Å². The number of hydrogen-bond donors (Lipinski definition) is 1. The van der Waals surface area contributed by atoms with Crippen molar-refractivity contribution >= 4 is 27.4 Å². The van der Waals surface area contributed by atoms with Gasteiger partial charge in [-0.3, -0.25) is 0 Å². The molecule has 2 aliphatic rings. The molecule has 4 aromatic rings. The van der Waals surface area contributed by atoms with Crippen LogP contribution in [-0.2, 0) is 16.6 Å². The van der Waals surface area contributed by atoms with E-state index in [0.717, 1.165) is 43.9 Å². The predicted molar refractivity (Wildman–Crippen MR) is 158 cm³/mol. The first-order chi connectivity index (χ1) is 20.7. The van der Waals surface area contributed by atoms with E-state index in [4.69, 9.17) is 9.15 Å². The molecule has 0 saturated heterocycles. The molecular weight excluding hydrogens is 573 g/mol. The highest BCUT2D eigenvalue weighted by atomic mass is 32.2. The van der Waals surface area contributed by atoms with Crippen LogP contribution in [0.5, 0.6) is 5.75 Å². The van der Waals surface area contributed by atoms with Crippen LogP contribution in [0.2, 0.25) is 0 Å². The number of carboxylic acids is 1. The molecule has 2 heterocycles. The monoisotopic (exact) mass is 605 g/mol. The molecule has 9 nitrogen and oxygen atoms in total. The Labute approximate surface area is 249 Å². The maximum absolute atomic E-state index is 14.4. The van der Waals surface area contributed by atoms with Crippen LogP contribution >= 0.6 is 0 Å². The molecule has 1 fully saturated rings. The first-order valence-electron chi connectivity index (χ1n) is 14.3. The number of sulfonamides is 1. The van der Waals surface area contributed by atoms with Gasteiger partial charge in [0.25, 0.3) is 0 Å². The summed E-state index contributed by atoms with van der Waals surface area (Å²) in [5, 5.41) is 9.60. The number of ether oxygens (including phenoxy) is 1. The number of aromatic nitrogens is 1. The van der Waals surface area contributed by atoms with Gasteiger partial charge in [0.1, 0.15) is 23.1 Å². The first-order valence-corrected chi connectivity index (χ1v) is 15.7. The van der Waals surface area contributed by atoms with Crippen molar-refractivity contribution in [1.82, 2.24) is 9.29 Å². The van der Waals surface area contributed by atoms with Gasteiger partial charge in [0.05, 0.1) is 17.4 Å². The Morgan fingerprint density at radius 1 is 1.09 bits per heavy atom. The van der Waals surface area contributed by atoms with Crippen LogP contribution in [0.25, 0.3) is 11.1 Å². The lowest BCUT2D eigenvalue weighted by Gasteiger charge is -2.36. The van der Waals surface area contributed by atoms with Crippen molar-refractivity contribution < 1.29 is 31.9 Å². The minimum Gasteiger partial charge on any atom is -0.485 e. The van der Waals surface area contributed by atoms with E-state index in [2.05, 4.69) is 4.98 Å². The molecule has 1 N–H and O–H groups in total. The fourth-order valence-electron chi connectivity index (χ4n) is 6.18. The summed E-state index contributed by atoms with van der Waals surface area (Å²) in [6.45, 7) is 0.430. The minimum atomic E-state index is -4.02. The number of hydrogen-bond acceptors (Lipinski definition) is 7. The molecule has 224 valence electrons. The molecule has 0 radical (unpaired) electrons. The lowest BCUT2D eigenvalue weighted by molar-refractivity contribution is 0.0692. The summed E-state index contributed by atoms with van der Waals surface area (Å²) in [5.41, 5.74) is 1.34. The number of carbonyl (C=O) groups is 1. The van der Waals surface area contributed by atoms with Crippen molar-refractivity contribution in [3.63, 3.8) is 0 Å². The van der Waals surface area contributed by atoms with Crippen LogP contribution in [0.4, 0.5) is 15.8 Å². The van der Waals surface area contributed by atoms with Crippen LogP contribution in [-0.4, -0.2) is 48.4 Å². The van der Waals surface area contributed by atoms with E-state index in [1.807, 2.05) is 35.2 Å². The molecular formula is C32H32FN3O6S. The summed E-state index contributed by atoms with van der Waals surface area (Å²) in [6, 6.07) is 16.2. The van der Waals surface area contributed by atoms with Gasteiger partial charge in [-0.2, -0.15) is 4.31 Å². The number of likely N-dealkylation sites (N-methyl/N-ethyl adjacent to an activating group) is 1. The van der Waals surface area contributed by atoms with Crippen molar-refractivity contribution in [2.75, 3.05) is 18.5 Å². The second-order valence-corrected chi connectivity index (χ2v) is 13.0. The largest absolute Gasteiger partial charge is 0.485 e. The molecule has 0 amide bonds. The third-order valence-corrected chi connectivity index (χ3v) is 10.4. The Balaban J connectivity index is 1.57. The van der Waals surface area contributed by atoms with Gasteiger partial charge < -0.3 is 19.2 Å². The first kappa shape index (κ1) is 28.9. The second kappa shape index (κ2) is 11.8. The highest BCUT2D eigenvalue weighted by Crippen LogP contribution is 2.46. The maximum atomic E-state index is 14.4. The summed E-state index contributed by atoms with van der Waals surface area (Å²) in [4.78, 5) is 17.8. The maximum Gasteiger partial charge on any atom is 0.338 e. The summed E-state index contributed by atoms with van der Waals surface area (Å²) in [5.74, 6) is -1.40. The third kappa shape index (κ3) is 5.62. The number of fused-ring (bicyclic) bond motifs is 1. The zero-order chi connectivity index (χ0) is 30.1. The number of benzene rings is 3. The van der Waals surface area contributed by atoms with Crippen LogP contribution < -0.4 is 9.64 Å². The molecule has 3 aromatic carbocycles. The topological polar surface area (TPSA) is 113 Å². The lowest BCUT2D eigenvalue weighted by Crippen LogP contribution is -2.46. The normalized spacial score (nSPS) is 19.0. The Hall–Kier alpha value is -4.22. The SMILES string of the molecule is CN1[C@H](C2CCCCC2)CN(c2ccccc2)c2cc(OCc3cnco3)c(-c3ccc(F)c(C(=O)O)c3)cc2S1(=O)=O. The second-order valence-electron chi connectivity index (χ2n) is 11.0. The molecule has 1 atom stereocenters. The summed E-state index contributed by atoms with van der Waals surface area (Å²) < 4.78 is 56.2. The lowest BCUT2D eigenvalue weighted by atomic mass is 9.83. The standard InChI is InChI=1S/C32H32FN3O6S/c1-35-29(21-8-4-2-5-9-21)18-36(23-10-6-3-7-11-23)28-16-30(41-19-24-17-34-20-42-24)25(15-31(28)43(35,39)40)22-12-13-27(33)26(14-22)32(37)38/h3,6-7,10-17,20-21,29H,2,4-5,8-9,18-19H2,1H3,(H,37,38)/t29-/m0/s1. The number of para-hydroxylation sites is 1. The van der Waals surface area contributed by atoms with Crippen molar-refractivity contribution in [2.45, 2.75) is 49.6 Å². The summed E-state index contributed by atoms with van der Waals surface area (Å²) in [6.07, 6.45) is 7.96. The minimum absolute atomic E-state index is 0.0124. The van der Waals surface area contributed by atoms with Crippen LogP contribution in [0.15, 0.2) is 82.6 Å². The fourth-order valence-corrected chi connectivity index (χ4v) is 7.79. The van der Waals surface area contributed by atoms with Crippen molar-refractivity contribution in [3.05, 3.63) is 90.4 Å². The van der Waals surface area contributed by atoms with E-state index in [1.54, 1.807) is 13.1 Å². The molecule has 1 aliphatic heterocycles. The Morgan fingerprint density at radius 3 is 2.56 bits per heavy atom. The Kier molecular flexibility index (Phi) is 7.93. The van der Waals surface area contributed by atoms with Crippen molar-refractivity contribution in [3.8, 4) is 16.9 Å². The highest BCUT2D eigenvalue weighted by molar-refractivity contribution is 7.89. The number of halogens is 1. The smallest absolute Gasteiger partial charge is 0.338 e. The zero-order valence-corrected chi connectivity index (χ0v) is 24.5. The summed E-state index contributed by atoms with van der Waals surface area (Å²) in [7, 11) is -2.38. The van der Waals surface area contributed by atoms with Gasteiger partial charge in [-0.15, -0.1) is 0 Å². The highest BCUT2D eigenvalue weighted by Gasteiger charge is 2.41. The third-order valence-electron chi connectivity index (χ3n) is 8.47. The Morgan fingerprint density at radius 2 is 1.86 bits per heavy atom. The number of carboxylic acid groups (broad SMARTS) is 1. The van der Waals surface area contributed by atoms with Gasteiger partial charge in [0.2, 0.25) is 10.0 Å². The van der Waals surface area contributed by atoms with E-state index in [1.165, 1.54) is 35.1 Å². The molecule has 43 heavy (non-hydrogen) atoms. The van der Waals surface area contributed by atoms with Gasteiger partial charge in [-0.1, -0.05) is 43.5 Å². The number of nitrogens with zero attached hydrogens (tertiary/aromatic N) is 3. The zero-order valence-electron chi connectivity index (χ0n) is 23.6. The van der Waals surface area contributed by atoms with Crippen LogP contribution in [0, 0.1) is 11.7 Å². The molecule has 0 spiro atoms. The molecule has 0 bridgehead atoms. The van der Waals surface area contributed by atoms with Gasteiger partial charge in [-0.05, 0) is 54.7 Å². The van der Waals surface area contributed by atoms with E-state index >= 15 is 0 Å².